The maximum absolute atomic E-state index is 13.2. The minimum atomic E-state index is -0.886. The molecule has 1 aliphatic heterocycles. The first kappa shape index (κ1) is 13.8. The maximum Gasteiger partial charge on any atom is 0.273 e. The summed E-state index contributed by atoms with van der Waals surface area (Å²) >= 11 is 6.20. The van der Waals surface area contributed by atoms with Crippen molar-refractivity contribution in [2.45, 2.75) is 0 Å². The number of carbonyl (C=O) groups is 1. The van der Waals surface area contributed by atoms with Crippen molar-refractivity contribution < 1.29 is 13.6 Å². The predicted octanol–water partition coefficient (Wildman–Crippen LogP) is 3.04. The lowest BCUT2D eigenvalue weighted by molar-refractivity contribution is -0.115. The zero-order chi connectivity index (χ0) is 15.0. The molecule has 1 aromatic heterocycles. The summed E-state index contributed by atoms with van der Waals surface area (Å²) in [5.74, 6) is -2.05. The van der Waals surface area contributed by atoms with E-state index in [0.29, 0.717) is 11.3 Å². The van der Waals surface area contributed by atoms with Crippen LogP contribution in [0.3, 0.4) is 0 Å². The van der Waals surface area contributed by atoms with Gasteiger partial charge in [0.05, 0.1) is 0 Å². The number of hydrogen-bond acceptors (Lipinski definition) is 3. The average molecular weight is 322 g/mol. The van der Waals surface area contributed by atoms with Crippen LogP contribution in [0.15, 0.2) is 36.0 Å². The molecule has 2 aromatic rings. The van der Waals surface area contributed by atoms with Crippen molar-refractivity contribution in [2.24, 2.45) is 0 Å². The van der Waals surface area contributed by atoms with Gasteiger partial charge in [-0.15, -0.1) is 11.3 Å². The molecule has 0 atom stereocenters. The molecule has 21 heavy (non-hydrogen) atoms. The number of thiocarbonyl (C=S) groups is 1. The Hall–Kier alpha value is -2.12. The number of thiophene rings is 1. The molecule has 3 nitrogen and oxygen atoms in total. The normalized spacial score (nSPS) is 16.2. The number of benzene rings is 1. The van der Waals surface area contributed by atoms with E-state index in [4.69, 9.17) is 12.2 Å². The van der Waals surface area contributed by atoms with Gasteiger partial charge in [0.2, 0.25) is 0 Å². The molecule has 0 spiro atoms. The molecule has 1 aromatic carbocycles. The van der Waals surface area contributed by atoms with E-state index in [2.05, 4.69) is 10.6 Å². The lowest BCUT2D eigenvalue weighted by Crippen LogP contribution is -2.21. The summed E-state index contributed by atoms with van der Waals surface area (Å²) in [5.41, 5.74) is 0.946. The first-order chi connectivity index (χ1) is 10.0. The van der Waals surface area contributed by atoms with E-state index < -0.39 is 11.6 Å². The number of rotatable bonds is 2. The van der Waals surface area contributed by atoms with E-state index in [0.717, 1.165) is 21.9 Å². The van der Waals surface area contributed by atoms with E-state index in [9.17, 15) is 13.6 Å². The van der Waals surface area contributed by atoms with E-state index in [1.165, 1.54) is 17.4 Å². The maximum atomic E-state index is 13.2. The second-order valence-electron chi connectivity index (χ2n) is 4.30. The Morgan fingerprint density at radius 3 is 2.57 bits per heavy atom. The van der Waals surface area contributed by atoms with Gasteiger partial charge in [-0.05, 0) is 48.1 Å². The molecule has 0 radical (unpaired) electrons. The Kier molecular flexibility index (Phi) is 3.52. The first-order valence-corrected chi connectivity index (χ1v) is 7.15. The third-order valence-corrected chi connectivity index (χ3v) is 4.12. The van der Waals surface area contributed by atoms with Gasteiger partial charge in [0.15, 0.2) is 16.7 Å². The topological polar surface area (TPSA) is 41.1 Å². The highest BCUT2D eigenvalue weighted by atomic mass is 32.1. The summed E-state index contributed by atoms with van der Waals surface area (Å²) in [4.78, 5) is 13.1. The largest absolute Gasteiger partial charge is 0.328 e. The molecule has 1 aliphatic rings. The van der Waals surface area contributed by atoms with Crippen molar-refractivity contribution in [3.8, 4) is 10.4 Å². The molecular formula is C14H8F2N2OS2. The monoisotopic (exact) mass is 322 g/mol. The fraction of sp³-hybridized carbons (Fsp3) is 0. The number of halogens is 2. The highest BCUT2D eigenvalue weighted by Gasteiger charge is 2.20. The molecule has 0 bridgehead atoms. The molecule has 106 valence electrons. The molecule has 0 saturated carbocycles. The third kappa shape index (κ3) is 2.84. The quantitative estimate of drug-likeness (QED) is 0.660. The Bertz CT molecular complexity index is 783. The Morgan fingerprint density at radius 2 is 1.90 bits per heavy atom. The number of amides is 1. The molecule has 2 N–H and O–H groups in total. The summed E-state index contributed by atoms with van der Waals surface area (Å²) in [7, 11) is 0. The number of nitrogens with one attached hydrogen (secondary N) is 2. The van der Waals surface area contributed by atoms with Crippen LogP contribution in [0.1, 0.15) is 4.88 Å². The van der Waals surface area contributed by atoms with Crippen LogP contribution in [0.25, 0.3) is 16.5 Å². The summed E-state index contributed by atoms with van der Waals surface area (Å²) < 4.78 is 26.2. The van der Waals surface area contributed by atoms with Crippen molar-refractivity contribution in [2.75, 3.05) is 0 Å². The van der Waals surface area contributed by atoms with Gasteiger partial charge >= 0.3 is 0 Å². The summed E-state index contributed by atoms with van der Waals surface area (Å²) in [6.45, 7) is 0. The first-order valence-electron chi connectivity index (χ1n) is 5.92. The van der Waals surface area contributed by atoms with Crippen molar-refractivity contribution in [1.82, 2.24) is 10.6 Å². The van der Waals surface area contributed by atoms with Crippen LogP contribution in [0.5, 0.6) is 0 Å². The SMILES string of the molecule is O=C1NC(=S)N/C1=C\c1ccc(-c2ccc(F)c(F)c2)s1. The van der Waals surface area contributed by atoms with Gasteiger partial charge < -0.3 is 5.32 Å². The molecule has 0 aliphatic carbocycles. The van der Waals surface area contributed by atoms with Gasteiger partial charge in [-0.2, -0.15) is 0 Å². The molecule has 3 rings (SSSR count). The van der Waals surface area contributed by atoms with Crippen LogP contribution in [0, 0.1) is 11.6 Å². The third-order valence-electron chi connectivity index (χ3n) is 2.84. The molecule has 1 amide bonds. The summed E-state index contributed by atoms with van der Waals surface area (Å²) in [6, 6.07) is 7.33. The number of carbonyl (C=O) groups excluding carboxylic acids is 1. The molecule has 7 heteroatoms. The Balaban J connectivity index is 1.90. The highest BCUT2D eigenvalue weighted by Crippen LogP contribution is 2.30. The predicted molar refractivity (Wildman–Crippen MR) is 81.5 cm³/mol. The van der Waals surface area contributed by atoms with Gasteiger partial charge in [-0.1, -0.05) is 6.07 Å². The van der Waals surface area contributed by atoms with Gasteiger partial charge in [0, 0.05) is 9.75 Å². The van der Waals surface area contributed by atoms with Crippen LogP contribution in [-0.4, -0.2) is 11.0 Å². The standard InChI is InChI=1S/C14H8F2N2OS2/c15-9-3-1-7(5-10(9)16)12-4-2-8(21-12)6-11-13(19)18-14(20)17-11/h1-6H,(H2,17,18,19,20)/b11-6-. The number of hydrogen-bond donors (Lipinski definition) is 2. The van der Waals surface area contributed by atoms with Crippen LogP contribution in [0.4, 0.5) is 8.78 Å². The molecule has 1 fully saturated rings. The van der Waals surface area contributed by atoms with Gasteiger partial charge in [-0.25, -0.2) is 8.78 Å². The smallest absolute Gasteiger partial charge is 0.273 e. The molecular weight excluding hydrogens is 314 g/mol. The van der Waals surface area contributed by atoms with Crippen molar-refractivity contribution in [1.29, 1.82) is 0 Å². The van der Waals surface area contributed by atoms with Crippen LogP contribution >= 0.6 is 23.6 Å². The van der Waals surface area contributed by atoms with Gasteiger partial charge in [0.1, 0.15) is 5.70 Å². The van der Waals surface area contributed by atoms with E-state index in [1.807, 2.05) is 0 Å². The van der Waals surface area contributed by atoms with Crippen molar-refractivity contribution in [3.05, 3.63) is 52.5 Å². The fourth-order valence-corrected chi connectivity index (χ4v) is 3.01. The second kappa shape index (κ2) is 5.34. The minimum absolute atomic E-state index is 0.267. The lowest BCUT2D eigenvalue weighted by Gasteiger charge is -1.98. The fourth-order valence-electron chi connectivity index (χ4n) is 1.86. The van der Waals surface area contributed by atoms with Crippen molar-refractivity contribution in [3.63, 3.8) is 0 Å². The summed E-state index contributed by atoms with van der Waals surface area (Å²) in [6.07, 6.45) is 1.66. The van der Waals surface area contributed by atoms with Crippen molar-refractivity contribution >= 4 is 40.7 Å². The minimum Gasteiger partial charge on any atom is -0.328 e. The Labute approximate surface area is 128 Å². The van der Waals surface area contributed by atoms with E-state index in [-0.39, 0.29) is 11.0 Å². The second-order valence-corrected chi connectivity index (χ2v) is 5.82. The zero-order valence-corrected chi connectivity index (χ0v) is 12.1. The van der Waals surface area contributed by atoms with E-state index >= 15 is 0 Å². The summed E-state index contributed by atoms with van der Waals surface area (Å²) in [5, 5.41) is 5.48. The zero-order valence-electron chi connectivity index (χ0n) is 10.4. The molecule has 2 heterocycles. The lowest BCUT2D eigenvalue weighted by atomic mass is 10.2. The average Bonchev–Trinajstić information content (AvgIpc) is 3.01. The van der Waals surface area contributed by atoms with Gasteiger partial charge in [0.25, 0.3) is 5.91 Å². The molecule has 1 saturated heterocycles. The Morgan fingerprint density at radius 1 is 1.10 bits per heavy atom. The van der Waals surface area contributed by atoms with Crippen LogP contribution in [0.2, 0.25) is 0 Å². The molecule has 0 unspecified atom stereocenters. The van der Waals surface area contributed by atoms with E-state index in [1.54, 1.807) is 18.2 Å². The van der Waals surface area contributed by atoms with Crippen LogP contribution in [-0.2, 0) is 4.79 Å². The van der Waals surface area contributed by atoms with Gasteiger partial charge in [-0.3, -0.25) is 10.1 Å². The highest BCUT2D eigenvalue weighted by molar-refractivity contribution is 7.80. The van der Waals surface area contributed by atoms with Crippen LogP contribution < -0.4 is 10.6 Å².